The first-order valence-corrected chi connectivity index (χ1v) is 7.35. The summed E-state index contributed by atoms with van der Waals surface area (Å²) in [5.41, 5.74) is 2.02. The number of rotatable bonds is 3. The highest BCUT2D eigenvalue weighted by atomic mass is 35.5. The van der Waals surface area contributed by atoms with Crippen LogP contribution in [0.1, 0.15) is 38.4 Å². The van der Waals surface area contributed by atoms with E-state index >= 15 is 0 Å². The number of halogens is 2. The third-order valence-electron chi connectivity index (χ3n) is 4.26. The van der Waals surface area contributed by atoms with E-state index < -0.39 is 0 Å². The molecule has 1 fully saturated rings. The number of alkyl halides is 1. The van der Waals surface area contributed by atoms with Crippen molar-refractivity contribution in [1.82, 2.24) is 9.55 Å². The summed E-state index contributed by atoms with van der Waals surface area (Å²) >= 11 is 6.00. The topological polar surface area (TPSA) is 17.8 Å². The van der Waals surface area contributed by atoms with Crippen molar-refractivity contribution in [2.45, 2.75) is 45.0 Å². The lowest BCUT2D eigenvalue weighted by atomic mass is 9.89. The minimum Gasteiger partial charge on any atom is -0.326 e. The quantitative estimate of drug-likeness (QED) is 0.757. The molecule has 3 rings (SSSR count). The van der Waals surface area contributed by atoms with E-state index in [2.05, 4.69) is 16.5 Å². The van der Waals surface area contributed by atoms with Crippen LogP contribution in [0, 0.1) is 11.2 Å². The lowest BCUT2D eigenvalue weighted by Crippen LogP contribution is -2.20. The Morgan fingerprint density at radius 2 is 2.11 bits per heavy atom. The summed E-state index contributed by atoms with van der Waals surface area (Å²) in [5.74, 6) is 0.965. The van der Waals surface area contributed by atoms with Gasteiger partial charge in [-0.05, 0) is 30.4 Å². The predicted molar refractivity (Wildman–Crippen MR) is 75.8 cm³/mol. The first kappa shape index (κ1) is 12.9. The summed E-state index contributed by atoms with van der Waals surface area (Å²) in [6.45, 7) is 3.25. The molecule has 1 saturated carbocycles. The molecular weight excluding hydrogens is 263 g/mol. The summed E-state index contributed by atoms with van der Waals surface area (Å²) in [6.07, 6.45) is 5.09. The molecular formula is C15H18ClFN2. The Balaban J connectivity index is 2.05. The van der Waals surface area contributed by atoms with Crippen LogP contribution in [-0.4, -0.2) is 9.55 Å². The van der Waals surface area contributed by atoms with Gasteiger partial charge >= 0.3 is 0 Å². The van der Waals surface area contributed by atoms with Crippen molar-refractivity contribution >= 4 is 22.6 Å². The van der Waals surface area contributed by atoms with Crippen LogP contribution in [0.15, 0.2) is 18.2 Å². The first-order valence-electron chi connectivity index (χ1n) is 6.82. The Morgan fingerprint density at radius 3 is 2.79 bits per heavy atom. The van der Waals surface area contributed by atoms with Gasteiger partial charge in [-0.3, -0.25) is 0 Å². The number of benzene rings is 1. The number of nitrogens with zero attached hydrogens (tertiary/aromatic N) is 2. The number of fused-ring (bicyclic) bond motifs is 1. The molecule has 1 aliphatic rings. The van der Waals surface area contributed by atoms with Crippen molar-refractivity contribution in [1.29, 1.82) is 0 Å². The highest BCUT2D eigenvalue weighted by molar-refractivity contribution is 6.16. The van der Waals surface area contributed by atoms with Gasteiger partial charge in [-0.25, -0.2) is 9.37 Å². The van der Waals surface area contributed by atoms with Crippen LogP contribution in [0.25, 0.3) is 11.0 Å². The van der Waals surface area contributed by atoms with Crippen LogP contribution in [0.4, 0.5) is 4.39 Å². The van der Waals surface area contributed by atoms with Gasteiger partial charge in [0, 0.05) is 12.6 Å². The van der Waals surface area contributed by atoms with E-state index in [4.69, 9.17) is 11.6 Å². The maximum absolute atomic E-state index is 13.3. The van der Waals surface area contributed by atoms with Crippen LogP contribution in [0.2, 0.25) is 0 Å². The summed E-state index contributed by atoms with van der Waals surface area (Å²) < 4.78 is 15.5. The van der Waals surface area contributed by atoms with E-state index in [1.54, 1.807) is 0 Å². The SMILES string of the molecule is CC1(Cn2c(CCl)nc3cc(F)ccc32)CCCC1. The molecule has 1 aromatic carbocycles. The number of imidazole rings is 1. The second-order valence-corrected chi connectivity index (χ2v) is 6.17. The molecule has 0 amide bonds. The maximum Gasteiger partial charge on any atom is 0.125 e. The van der Waals surface area contributed by atoms with Crippen LogP contribution in [0.3, 0.4) is 0 Å². The summed E-state index contributed by atoms with van der Waals surface area (Å²) in [5, 5.41) is 0. The van der Waals surface area contributed by atoms with Crippen molar-refractivity contribution in [2.75, 3.05) is 0 Å². The summed E-state index contributed by atoms with van der Waals surface area (Å²) in [7, 11) is 0. The molecule has 0 aliphatic heterocycles. The molecule has 2 aromatic rings. The normalized spacial score (nSPS) is 18.3. The molecule has 102 valence electrons. The second-order valence-electron chi connectivity index (χ2n) is 5.90. The van der Waals surface area contributed by atoms with Crippen LogP contribution >= 0.6 is 11.6 Å². The Hall–Kier alpha value is -1.09. The van der Waals surface area contributed by atoms with Crippen LogP contribution < -0.4 is 0 Å². The van der Waals surface area contributed by atoms with Gasteiger partial charge in [0.15, 0.2) is 0 Å². The Bertz CT molecular complexity index is 599. The molecule has 1 heterocycles. The van der Waals surface area contributed by atoms with Gasteiger partial charge < -0.3 is 4.57 Å². The van der Waals surface area contributed by atoms with Gasteiger partial charge in [0.25, 0.3) is 0 Å². The maximum atomic E-state index is 13.3. The number of hydrogen-bond donors (Lipinski definition) is 0. The molecule has 0 unspecified atom stereocenters. The summed E-state index contributed by atoms with van der Waals surface area (Å²) in [4.78, 5) is 4.46. The minimum atomic E-state index is -0.245. The fourth-order valence-corrected chi connectivity index (χ4v) is 3.40. The van der Waals surface area contributed by atoms with E-state index in [0.717, 1.165) is 17.9 Å². The van der Waals surface area contributed by atoms with Crippen molar-refractivity contribution in [3.05, 3.63) is 29.8 Å². The first-order chi connectivity index (χ1) is 9.11. The Kier molecular flexibility index (Phi) is 3.25. The zero-order valence-electron chi connectivity index (χ0n) is 11.1. The molecule has 0 bridgehead atoms. The van der Waals surface area contributed by atoms with Crippen LogP contribution in [-0.2, 0) is 12.4 Å². The average molecular weight is 281 g/mol. The van der Waals surface area contributed by atoms with Gasteiger partial charge in [-0.1, -0.05) is 19.8 Å². The summed E-state index contributed by atoms with van der Waals surface area (Å²) in [6, 6.07) is 4.79. The van der Waals surface area contributed by atoms with Crippen molar-refractivity contribution < 1.29 is 4.39 Å². The van der Waals surface area contributed by atoms with Crippen molar-refractivity contribution in [3.8, 4) is 0 Å². The largest absolute Gasteiger partial charge is 0.326 e. The molecule has 0 saturated heterocycles. The van der Waals surface area contributed by atoms with Gasteiger partial charge in [-0.2, -0.15) is 0 Å². The molecule has 2 nitrogen and oxygen atoms in total. The average Bonchev–Trinajstić information content (AvgIpc) is 2.94. The highest BCUT2D eigenvalue weighted by Gasteiger charge is 2.30. The second kappa shape index (κ2) is 4.78. The standard InChI is InChI=1S/C15H18ClFN2/c1-15(6-2-3-7-15)10-19-13-5-4-11(17)8-12(13)18-14(19)9-16/h4-5,8H,2-3,6-7,9-10H2,1H3. The molecule has 1 aromatic heterocycles. The lowest BCUT2D eigenvalue weighted by molar-refractivity contribution is 0.282. The van der Waals surface area contributed by atoms with Crippen LogP contribution in [0.5, 0.6) is 0 Å². The van der Waals surface area contributed by atoms with Gasteiger partial charge in [0.2, 0.25) is 0 Å². The molecule has 19 heavy (non-hydrogen) atoms. The molecule has 0 spiro atoms. The molecule has 0 N–H and O–H groups in total. The fourth-order valence-electron chi connectivity index (χ4n) is 3.20. The zero-order valence-corrected chi connectivity index (χ0v) is 11.9. The van der Waals surface area contributed by atoms with Gasteiger partial charge in [-0.15, -0.1) is 11.6 Å². The van der Waals surface area contributed by atoms with E-state index in [0.29, 0.717) is 16.8 Å². The monoisotopic (exact) mass is 280 g/mol. The lowest BCUT2D eigenvalue weighted by Gasteiger charge is -2.25. The highest BCUT2D eigenvalue weighted by Crippen LogP contribution is 2.40. The van der Waals surface area contributed by atoms with Crippen molar-refractivity contribution in [3.63, 3.8) is 0 Å². The van der Waals surface area contributed by atoms with E-state index in [1.165, 1.54) is 37.8 Å². The Morgan fingerprint density at radius 1 is 1.37 bits per heavy atom. The third kappa shape index (κ3) is 2.36. The van der Waals surface area contributed by atoms with Crippen molar-refractivity contribution in [2.24, 2.45) is 5.41 Å². The third-order valence-corrected chi connectivity index (χ3v) is 4.50. The minimum absolute atomic E-state index is 0.245. The smallest absolute Gasteiger partial charge is 0.125 e. The van der Waals surface area contributed by atoms with E-state index in [1.807, 2.05) is 6.07 Å². The number of hydrogen-bond acceptors (Lipinski definition) is 1. The van der Waals surface area contributed by atoms with E-state index in [-0.39, 0.29) is 5.82 Å². The van der Waals surface area contributed by atoms with Gasteiger partial charge in [0.1, 0.15) is 11.6 Å². The van der Waals surface area contributed by atoms with Gasteiger partial charge in [0.05, 0.1) is 16.9 Å². The molecule has 1 aliphatic carbocycles. The molecule has 0 atom stereocenters. The number of aromatic nitrogens is 2. The molecule has 4 heteroatoms. The predicted octanol–water partition coefficient (Wildman–Crippen LogP) is 4.49. The zero-order chi connectivity index (χ0) is 13.5. The fraction of sp³-hybridized carbons (Fsp3) is 0.533. The van der Waals surface area contributed by atoms with E-state index in [9.17, 15) is 4.39 Å². The molecule has 0 radical (unpaired) electrons. The Labute approximate surface area is 117 Å².